The van der Waals surface area contributed by atoms with Gasteiger partial charge in [-0.25, -0.2) is 4.79 Å². The molecular formula is C15H21ClN2O3. The minimum Gasteiger partial charge on any atom is -0.480 e. The summed E-state index contributed by atoms with van der Waals surface area (Å²) in [5.41, 5.74) is 0.901. The van der Waals surface area contributed by atoms with Crippen molar-refractivity contribution in [1.29, 1.82) is 0 Å². The van der Waals surface area contributed by atoms with Gasteiger partial charge in [-0.05, 0) is 31.0 Å². The Morgan fingerprint density at radius 3 is 2.57 bits per heavy atom. The zero-order valence-electron chi connectivity index (χ0n) is 12.5. The van der Waals surface area contributed by atoms with Gasteiger partial charge in [0, 0.05) is 24.7 Å². The summed E-state index contributed by atoms with van der Waals surface area (Å²) in [4.78, 5) is 26.2. The molecule has 0 aliphatic carbocycles. The molecule has 1 unspecified atom stereocenters. The van der Waals surface area contributed by atoms with E-state index in [4.69, 9.17) is 16.7 Å². The number of carboxylic acids is 1. The van der Waals surface area contributed by atoms with Crippen LogP contribution in [0.25, 0.3) is 0 Å². The molecule has 1 rings (SSSR count). The van der Waals surface area contributed by atoms with Crippen LogP contribution in [0.5, 0.6) is 0 Å². The Hall–Kier alpha value is -1.75. The molecule has 0 bridgehead atoms. The monoisotopic (exact) mass is 312 g/mol. The number of rotatable bonds is 6. The van der Waals surface area contributed by atoms with Gasteiger partial charge in [0.25, 0.3) is 0 Å². The fourth-order valence-corrected chi connectivity index (χ4v) is 2.19. The largest absolute Gasteiger partial charge is 0.480 e. The van der Waals surface area contributed by atoms with Crippen molar-refractivity contribution >= 4 is 23.6 Å². The number of carbonyl (C=O) groups is 2. The zero-order chi connectivity index (χ0) is 16.0. The SMILES string of the molecule is CCC(C)N(CC(=O)O)C(=O)N(C)Cc1cccc(Cl)c1. The Morgan fingerprint density at radius 1 is 1.38 bits per heavy atom. The second-order valence-electron chi connectivity index (χ2n) is 5.05. The third kappa shape index (κ3) is 5.27. The van der Waals surface area contributed by atoms with E-state index in [-0.39, 0.29) is 18.6 Å². The van der Waals surface area contributed by atoms with Crippen LogP contribution in [0.15, 0.2) is 24.3 Å². The topological polar surface area (TPSA) is 60.9 Å². The predicted molar refractivity (Wildman–Crippen MR) is 82.4 cm³/mol. The Labute approximate surface area is 130 Å². The van der Waals surface area contributed by atoms with Crippen molar-refractivity contribution in [3.8, 4) is 0 Å². The van der Waals surface area contributed by atoms with E-state index < -0.39 is 5.97 Å². The highest BCUT2D eigenvalue weighted by atomic mass is 35.5. The summed E-state index contributed by atoms with van der Waals surface area (Å²) in [6, 6.07) is 6.82. The molecule has 0 saturated carbocycles. The number of urea groups is 1. The first-order valence-electron chi connectivity index (χ1n) is 6.83. The maximum absolute atomic E-state index is 12.4. The van der Waals surface area contributed by atoms with Crippen molar-refractivity contribution < 1.29 is 14.7 Å². The average Bonchev–Trinajstić information content (AvgIpc) is 2.43. The van der Waals surface area contributed by atoms with Gasteiger partial charge in [-0.3, -0.25) is 4.79 Å². The molecule has 21 heavy (non-hydrogen) atoms. The van der Waals surface area contributed by atoms with Crippen molar-refractivity contribution in [3.05, 3.63) is 34.9 Å². The minimum atomic E-state index is -1.01. The Kier molecular flexibility index (Phi) is 6.49. The molecule has 0 aromatic heterocycles. The normalized spacial score (nSPS) is 11.8. The molecule has 6 heteroatoms. The predicted octanol–water partition coefficient (Wildman–Crippen LogP) is 3.08. The molecule has 2 amide bonds. The van der Waals surface area contributed by atoms with E-state index in [0.29, 0.717) is 18.0 Å². The lowest BCUT2D eigenvalue weighted by Crippen LogP contribution is -2.47. The van der Waals surface area contributed by atoms with Gasteiger partial charge in [0.1, 0.15) is 6.54 Å². The van der Waals surface area contributed by atoms with E-state index in [1.807, 2.05) is 26.0 Å². The molecule has 5 nitrogen and oxygen atoms in total. The van der Waals surface area contributed by atoms with E-state index >= 15 is 0 Å². The Balaban J connectivity index is 2.80. The standard InChI is InChI=1S/C15H21ClN2O3/c1-4-11(2)18(10-14(19)20)15(21)17(3)9-12-6-5-7-13(16)8-12/h5-8,11H,4,9-10H2,1-3H3,(H,19,20). The highest BCUT2D eigenvalue weighted by Crippen LogP contribution is 2.14. The summed E-state index contributed by atoms with van der Waals surface area (Å²) < 4.78 is 0. The molecule has 0 radical (unpaired) electrons. The summed E-state index contributed by atoms with van der Waals surface area (Å²) in [7, 11) is 1.65. The number of aliphatic carboxylic acids is 1. The van der Waals surface area contributed by atoms with Gasteiger partial charge in [0.15, 0.2) is 0 Å². The van der Waals surface area contributed by atoms with Crippen LogP contribution >= 0.6 is 11.6 Å². The van der Waals surface area contributed by atoms with E-state index in [2.05, 4.69) is 0 Å². The summed E-state index contributed by atoms with van der Waals surface area (Å²) in [5, 5.41) is 9.56. The van der Waals surface area contributed by atoms with Crippen molar-refractivity contribution in [2.24, 2.45) is 0 Å². The quantitative estimate of drug-likeness (QED) is 0.878. The number of carboxylic acid groups (broad SMARTS) is 1. The summed E-state index contributed by atoms with van der Waals surface area (Å²) >= 11 is 5.92. The van der Waals surface area contributed by atoms with Gasteiger partial charge in [-0.2, -0.15) is 0 Å². The van der Waals surface area contributed by atoms with Crippen LogP contribution in [0.4, 0.5) is 4.79 Å². The third-order valence-corrected chi connectivity index (χ3v) is 3.54. The van der Waals surface area contributed by atoms with Crippen LogP contribution in [0, 0.1) is 0 Å². The third-order valence-electron chi connectivity index (χ3n) is 3.31. The molecule has 0 aliphatic heterocycles. The Bertz CT molecular complexity index is 507. The average molecular weight is 313 g/mol. The second kappa shape index (κ2) is 7.88. The van der Waals surface area contributed by atoms with Crippen molar-refractivity contribution in [2.75, 3.05) is 13.6 Å². The fraction of sp³-hybridized carbons (Fsp3) is 0.467. The van der Waals surface area contributed by atoms with Crippen molar-refractivity contribution in [2.45, 2.75) is 32.9 Å². The molecule has 116 valence electrons. The zero-order valence-corrected chi connectivity index (χ0v) is 13.3. The molecule has 0 spiro atoms. The molecule has 1 aromatic carbocycles. The number of amides is 2. The summed E-state index contributed by atoms with van der Waals surface area (Å²) in [6.07, 6.45) is 0.698. The van der Waals surface area contributed by atoms with Crippen LogP contribution in [0.3, 0.4) is 0 Å². The van der Waals surface area contributed by atoms with Crippen LogP contribution in [0.1, 0.15) is 25.8 Å². The second-order valence-corrected chi connectivity index (χ2v) is 5.48. The number of hydrogen-bond acceptors (Lipinski definition) is 2. The van der Waals surface area contributed by atoms with Gasteiger partial charge in [0.05, 0.1) is 0 Å². The van der Waals surface area contributed by atoms with E-state index in [9.17, 15) is 9.59 Å². The summed E-state index contributed by atoms with van der Waals surface area (Å²) in [6.45, 7) is 3.84. The lowest BCUT2D eigenvalue weighted by molar-refractivity contribution is -0.138. The maximum atomic E-state index is 12.4. The first-order chi connectivity index (χ1) is 9.85. The molecule has 1 aromatic rings. The van der Waals surface area contributed by atoms with Gasteiger partial charge < -0.3 is 14.9 Å². The van der Waals surface area contributed by atoms with E-state index in [1.165, 1.54) is 9.80 Å². The number of carbonyl (C=O) groups excluding carboxylic acids is 1. The highest BCUT2D eigenvalue weighted by Gasteiger charge is 2.24. The Morgan fingerprint density at radius 2 is 2.05 bits per heavy atom. The van der Waals surface area contributed by atoms with Crippen LogP contribution in [-0.4, -0.2) is 46.5 Å². The van der Waals surface area contributed by atoms with Gasteiger partial charge in [-0.1, -0.05) is 30.7 Å². The number of nitrogens with zero attached hydrogens (tertiary/aromatic N) is 2. The molecule has 1 atom stereocenters. The first-order valence-corrected chi connectivity index (χ1v) is 7.21. The van der Waals surface area contributed by atoms with Crippen molar-refractivity contribution in [3.63, 3.8) is 0 Å². The first kappa shape index (κ1) is 17.3. The minimum absolute atomic E-state index is 0.129. The molecule has 1 N–H and O–H groups in total. The fourth-order valence-electron chi connectivity index (χ4n) is 1.97. The number of benzene rings is 1. The van der Waals surface area contributed by atoms with E-state index in [1.54, 1.807) is 19.2 Å². The lowest BCUT2D eigenvalue weighted by atomic mass is 10.2. The number of halogens is 1. The summed E-state index contributed by atoms with van der Waals surface area (Å²) in [5.74, 6) is -1.01. The molecular weight excluding hydrogens is 292 g/mol. The van der Waals surface area contributed by atoms with Crippen molar-refractivity contribution in [1.82, 2.24) is 9.80 Å². The molecule has 0 aliphatic rings. The van der Waals surface area contributed by atoms with E-state index in [0.717, 1.165) is 5.56 Å². The van der Waals surface area contributed by atoms with Gasteiger partial charge >= 0.3 is 12.0 Å². The maximum Gasteiger partial charge on any atom is 0.323 e. The van der Waals surface area contributed by atoms with Gasteiger partial charge in [0.2, 0.25) is 0 Å². The molecule has 0 saturated heterocycles. The number of hydrogen-bond donors (Lipinski definition) is 1. The smallest absolute Gasteiger partial charge is 0.323 e. The van der Waals surface area contributed by atoms with Crippen LogP contribution < -0.4 is 0 Å². The van der Waals surface area contributed by atoms with Crippen LogP contribution in [0.2, 0.25) is 5.02 Å². The van der Waals surface area contributed by atoms with Gasteiger partial charge in [-0.15, -0.1) is 0 Å². The molecule has 0 heterocycles. The molecule has 0 fully saturated rings. The van der Waals surface area contributed by atoms with Crippen LogP contribution in [-0.2, 0) is 11.3 Å². The highest BCUT2D eigenvalue weighted by molar-refractivity contribution is 6.30. The lowest BCUT2D eigenvalue weighted by Gasteiger charge is -2.31.